The van der Waals surface area contributed by atoms with Gasteiger partial charge in [-0.2, -0.15) is 0 Å². The van der Waals surface area contributed by atoms with E-state index in [4.69, 9.17) is 10.8 Å². The van der Waals surface area contributed by atoms with Crippen LogP contribution in [-0.2, 0) is 50.8 Å². The van der Waals surface area contributed by atoms with Crippen LogP contribution in [0.4, 0.5) is 0 Å². The molecule has 5 amide bonds. The molecule has 1 aliphatic heterocycles. The van der Waals surface area contributed by atoms with E-state index in [1.54, 1.807) is 20.2 Å². The number of nitrogens with two attached hydrogens (primary N) is 1. The molecule has 17 nitrogen and oxygen atoms in total. The summed E-state index contributed by atoms with van der Waals surface area (Å²) in [5.41, 5.74) is 6.18. The number of likely N-dealkylation sites (N-methyl/N-ethyl adjacent to an activating group) is 2. The van der Waals surface area contributed by atoms with Crippen LogP contribution in [0.1, 0.15) is 86.6 Å². The molecule has 7 N–H and O–H groups in total. The zero-order valence-corrected chi connectivity index (χ0v) is 38.6. The third-order valence-electron chi connectivity index (χ3n) is 11.4. The van der Waals surface area contributed by atoms with Gasteiger partial charge in [0, 0.05) is 67.3 Å². The molecule has 1 unspecified atom stereocenters. The van der Waals surface area contributed by atoms with Gasteiger partial charge in [0.2, 0.25) is 29.5 Å². The summed E-state index contributed by atoms with van der Waals surface area (Å²) in [5, 5.41) is 27.6. The van der Waals surface area contributed by atoms with Gasteiger partial charge in [-0.05, 0) is 43.4 Å². The van der Waals surface area contributed by atoms with E-state index in [0.717, 1.165) is 33.1 Å². The number of aromatic nitrogens is 1. The second-order valence-corrected chi connectivity index (χ2v) is 19.2. The minimum absolute atomic E-state index is 0.00664. The number of fused-ring (bicyclic) bond motifs is 1. The van der Waals surface area contributed by atoms with Crippen molar-refractivity contribution >= 4 is 69.9 Å². The molecular weight excluding hydrogens is 819 g/mol. The highest BCUT2D eigenvalue weighted by Gasteiger charge is 2.43. The number of carbonyl (C=O) groups excluding carboxylic acids is 6. The van der Waals surface area contributed by atoms with Crippen LogP contribution in [0.25, 0.3) is 10.9 Å². The fraction of sp³-hybridized carbons (Fsp3) is 0.591. The third-order valence-corrected chi connectivity index (χ3v) is 12.7. The predicted octanol–water partition coefficient (Wildman–Crippen LogP) is 2.59. The molecule has 0 bridgehead atoms. The Morgan fingerprint density at radius 3 is 2.21 bits per heavy atom. The molecule has 3 rings (SSSR count). The first-order chi connectivity index (χ1) is 28.7. The molecule has 0 aliphatic carbocycles. The quantitative estimate of drug-likeness (QED) is 0.0736. The van der Waals surface area contributed by atoms with Crippen molar-refractivity contribution in [2.75, 3.05) is 26.4 Å². The number of imide groups is 1. The van der Waals surface area contributed by atoms with Gasteiger partial charge in [-0.1, -0.05) is 72.7 Å². The number of benzene rings is 1. The summed E-state index contributed by atoms with van der Waals surface area (Å²) in [4.78, 5) is 106. The van der Waals surface area contributed by atoms with Crippen molar-refractivity contribution < 1.29 is 48.6 Å². The van der Waals surface area contributed by atoms with Crippen LogP contribution >= 0.6 is 11.8 Å². The number of hydrogen-bond acceptors (Lipinski definition) is 11. The second kappa shape index (κ2) is 21.3. The molecule has 0 saturated carbocycles. The Balaban J connectivity index is 1.74. The molecule has 0 radical (unpaired) electrons. The van der Waals surface area contributed by atoms with E-state index >= 15 is 0 Å². The van der Waals surface area contributed by atoms with Gasteiger partial charge in [0.1, 0.15) is 12.1 Å². The lowest BCUT2D eigenvalue weighted by atomic mass is 9.76. The molecule has 342 valence electrons. The number of carboxylic acid groups (broad SMARTS) is 2. The minimum Gasteiger partial charge on any atom is -0.481 e. The van der Waals surface area contributed by atoms with Gasteiger partial charge in [0.25, 0.3) is 0 Å². The van der Waals surface area contributed by atoms with E-state index in [0.29, 0.717) is 0 Å². The summed E-state index contributed by atoms with van der Waals surface area (Å²) in [7, 11) is 5.25. The number of amides is 5. The molecule has 1 aromatic heterocycles. The maximum Gasteiger partial charge on any atom is 0.321 e. The zero-order chi connectivity index (χ0) is 47.0. The number of Topliss-reactive ketones (excluding diaryl/α,β-unsaturated/α-hetero) is 1. The standard InChI is InChI=1S/C44H65N7O10S/c1-24(2)31(50(11)41(59)37(43(4,5)6)48-39(57)36(46-9)44(7,8)27-22-49(10)30-16-13-12-15-26(27)30)19-25(3)38(56)47-29(20-35(54)55)32(52)17-14-18-51-34(53)21-33(40(51)58)62-23-28(45)42(60)61/h12-13,15-16,19,22,24,28-29,31,33,36-37,46H,14,17-18,20-21,23,45H2,1-11H3,(H,47,56)(H,48,57)(H,54,55)(H,60,61)/b25-19+/t28-,29+,31+,33?,36+,37+/m0/s1. The largest absolute Gasteiger partial charge is 0.481 e. The highest BCUT2D eigenvalue weighted by molar-refractivity contribution is 8.00. The number of carboxylic acids is 2. The summed E-state index contributed by atoms with van der Waals surface area (Å²) >= 11 is 0.969. The highest BCUT2D eigenvalue weighted by atomic mass is 32.2. The van der Waals surface area contributed by atoms with Gasteiger partial charge < -0.3 is 41.4 Å². The summed E-state index contributed by atoms with van der Waals surface area (Å²) in [5.74, 6) is -5.98. The summed E-state index contributed by atoms with van der Waals surface area (Å²) in [6, 6.07) is 2.95. The van der Waals surface area contributed by atoms with Crippen molar-refractivity contribution in [3.63, 3.8) is 0 Å². The normalized spacial score (nSPS) is 17.4. The Labute approximate surface area is 367 Å². The fourth-order valence-corrected chi connectivity index (χ4v) is 8.84. The van der Waals surface area contributed by atoms with Crippen molar-refractivity contribution in [3.8, 4) is 0 Å². The number of carbonyl (C=O) groups is 8. The lowest BCUT2D eigenvalue weighted by molar-refractivity contribution is -0.141. The Morgan fingerprint density at radius 2 is 1.65 bits per heavy atom. The van der Waals surface area contributed by atoms with Crippen LogP contribution < -0.4 is 21.7 Å². The number of thioether (sulfide) groups is 1. The summed E-state index contributed by atoms with van der Waals surface area (Å²) in [6.45, 7) is 14.6. The molecule has 1 aliphatic rings. The number of nitrogens with zero attached hydrogens (tertiary/aromatic N) is 3. The van der Waals surface area contributed by atoms with Gasteiger partial charge in [-0.15, -0.1) is 11.8 Å². The molecule has 1 saturated heterocycles. The fourth-order valence-electron chi connectivity index (χ4n) is 7.73. The van der Waals surface area contributed by atoms with Gasteiger partial charge in [-0.3, -0.25) is 43.3 Å². The molecule has 18 heteroatoms. The van der Waals surface area contributed by atoms with Crippen molar-refractivity contribution in [2.24, 2.45) is 24.1 Å². The molecule has 62 heavy (non-hydrogen) atoms. The Kier molecular flexibility index (Phi) is 17.6. The average Bonchev–Trinajstić information content (AvgIpc) is 3.67. The SMILES string of the molecule is CN[C@H](C(=O)N[C@H](C(=O)N(C)[C@H](/C=C(\C)C(=O)N[C@H](CC(=O)O)C(=O)CCCN1C(=O)CC(SC[C@H](N)C(=O)O)C1=O)C(C)C)C(C)(C)C)C(C)(C)c1cn(C)c2ccccc12. The number of aryl methyl sites for hydroxylation is 1. The van der Waals surface area contributed by atoms with Crippen LogP contribution in [-0.4, -0.2) is 134 Å². The maximum absolute atomic E-state index is 14.4. The van der Waals surface area contributed by atoms with Crippen molar-refractivity contribution in [2.45, 2.75) is 122 Å². The van der Waals surface area contributed by atoms with E-state index in [1.165, 1.54) is 11.8 Å². The third kappa shape index (κ3) is 12.5. The lowest BCUT2D eigenvalue weighted by Gasteiger charge is -2.39. The number of ketones is 1. The first-order valence-corrected chi connectivity index (χ1v) is 21.8. The highest BCUT2D eigenvalue weighted by Crippen LogP contribution is 2.35. The molecule has 2 aromatic rings. The van der Waals surface area contributed by atoms with Crippen LogP contribution in [0.2, 0.25) is 0 Å². The van der Waals surface area contributed by atoms with Gasteiger partial charge in [-0.25, -0.2) is 0 Å². The predicted molar refractivity (Wildman–Crippen MR) is 237 cm³/mol. The molecule has 2 heterocycles. The maximum atomic E-state index is 14.4. The van der Waals surface area contributed by atoms with Crippen molar-refractivity contribution in [1.29, 1.82) is 0 Å². The first kappa shape index (κ1) is 51.3. The monoisotopic (exact) mass is 883 g/mol. The molecular formula is C44H65N7O10S. The van der Waals surface area contributed by atoms with Gasteiger partial charge in [0.05, 0.1) is 29.8 Å². The van der Waals surface area contributed by atoms with Crippen molar-refractivity contribution in [3.05, 3.63) is 47.7 Å². The first-order valence-electron chi connectivity index (χ1n) is 20.7. The van der Waals surface area contributed by atoms with E-state index in [9.17, 15) is 43.5 Å². The number of aliphatic carboxylic acids is 2. The Hall–Kier alpha value is -5.07. The summed E-state index contributed by atoms with van der Waals surface area (Å²) < 4.78 is 2.02. The van der Waals surface area contributed by atoms with E-state index in [1.807, 2.05) is 90.5 Å². The molecule has 1 fully saturated rings. The molecule has 1 aromatic carbocycles. The van der Waals surface area contributed by atoms with Crippen molar-refractivity contribution in [1.82, 2.24) is 30.3 Å². The Morgan fingerprint density at radius 1 is 1.02 bits per heavy atom. The molecule has 0 spiro atoms. The average molecular weight is 884 g/mol. The number of para-hydroxylation sites is 1. The number of rotatable bonds is 22. The van der Waals surface area contributed by atoms with Crippen LogP contribution in [0.15, 0.2) is 42.1 Å². The Bertz CT molecular complexity index is 2060. The minimum atomic E-state index is -1.43. The van der Waals surface area contributed by atoms with Crippen LogP contribution in [0, 0.1) is 11.3 Å². The number of hydrogen-bond donors (Lipinski definition) is 6. The van der Waals surface area contributed by atoms with Crippen LogP contribution in [0.5, 0.6) is 0 Å². The van der Waals surface area contributed by atoms with Gasteiger partial charge in [0.15, 0.2) is 5.78 Å². The second-order valence-electron chi connectivity index (χ2n) is 18.0. The van der Waals surface area contributed by atoms with E-state index < -0.39 is 94.1 Å². The van der Waals surface area contributed by atoms with Gasteiger partial charge >= 0.3 is 11.9 Å². The van der Waals surface area contributed by atoms with E-state index in [-0.39, 0.29) is 49.0 Å². The smallest absolute Gasteiger partial charge is 0.321 e. The molecule has 6 atom stereocenters. The summed E-state index contributed by atoms with van der Waals surface area (Å²) in [6.07, 6.45) is 2.49. The number of nitrogens with one attached hydrogen (secondary N) is 3. The topological polar surface area (TPSA) is 251 Å². The zero-order valence-electron chi connectivity index (χ0n) is 37.7. The number of likely N-dealkylation sites (tertiary alicyclic amines) is 1. The van der Waals surface area contributed by atoms with Crippen LogP contribution in [0.3, 0.4) is 0 Å². The van der Waals surface area contributed by atoms with E-state index in [2.05, 4.69) is 16.0 Å². The lowest BCUT2D eigenvalue weighted by Crippen LogP contribution is -2.61.